The number of rotatable bonds is 4. The minimum atomic E-state index is -0.337. The lowest BCUT2D eigenvalue weighted by Crippen LogP contribution is -2.32. The Balaban J connectivity index is 1.69. The smallest absolute Gasteiger partial charge is 0.161 e. The monoisotopic (exact) mass is 421 g/mol. The quantitative estimate of drug-likeness (QED) is 0.692. The molecule has 1 aromatic carbocycles. The fraction of sp³-hybridized carbons (Fsp3) is 0.480. The molecule has 0 saturated heterocycles. The molecule has 1 N–H and O–H groups in total. The Bertz CT molecular complexity index is 980. The summed E-state index contributed by atoms with van der Waals surface area (Å²) in [5, 5.41) is 21.0. The number of aliphatic hydroxyl groups is 1. The number of thiophene rings is 1. The van der Waals surface area contributed by atoms with Gasteiger partial charge in [-0.3, -0.25) is 0 Å². The van der Waals surface area contributed by atoms with Crippen molar-refractivity contribution in [2.24, 2.45) is 0 Å². The Hall–Kier alpha value is -2.47. The SMILES string of the molecule is COc1ccc(C2(C#Cc3cc(C#N)cs3)CCC(O)CC2)cc1OC1CCCC1. The van der Waals surface area contributed by atoms with Crippen molar-refractivity contribution in [3.63, 3.8) is 0 Å². The summed E-state index contributed by atoms with van der Waals surface area (Å²) >= 11 is 1.50. The van der Waals surface area contributed by atoms with Gasteiger partial charge in [-0.2, -0.15) is 5.26 Å². The lowest BCUT2D eigenvalue weighted by Gasteiger charge is -2.35. The topological polar surface area (TPSA) is 62.5 Å². The number of ether oxygens (including phenoxy) is 2. The second-order valence-corrected chi connectivity index (χ2v) is 9.18. The highest BCUT2D eigenvalue weighted by Gasteiger charge is 2.36. The van der Waals surface area contributed by atoms with Gasteiger partial charge in [0.15, 0.2) is 11.5 Å². The van der Waals surface area contributed by atoms with Crippen molar-refractivity contribution in [3.05, 3.63) is 45.6 Å². The summed E-state index contributed by atoms with van der Waals surface area (Å²) in [5.41, 5.74) is 1.43. The van der Waals surface area contributed by atoms with Gasteiger partial charge in [0.1, 0.15) is 6.07 Å². The zero-order chi connectivity index (χ0) is 21.0. The van der Waals surface area contributed by atoms with E-state index >= 15 is 0 Å². The molecule has 156 valence electrons. The number of nitrogens with zero attached hydrogens (tertiary/aromatic N) is 1. The third-order valence-electron chi connectivity index (χ3n) is 6.27. The second kappa shape index (κ2) is 9.13. The van der Waals surface area contributed by atoms with E-state index in [0.717, 1.165) is 60.5 Å². The van der Waals surface area contributed by atoms with Crippen molar-refractivity contribution >= 4 is 11.3 Å². The van der Waals surface area contributed by atoms with Crippen molar-refractivity contribution in [1.29, 1.82) is 5.26 Å². The minimum absolute atomic E-state index is 0.250. The number of methoxy groups -OCH3 is 1. The Labute approximate surface area is 182 Å². The molecule has 0 atom stereocenters. The number of aliphatic hydroxyl groups excluding tert-OH is 1. The molecule has 2 aliphatic carbocycles. The van der Waals surface area contributed by atoms with Crippen LogP contribution >= 0.6 is 11.3 Å². The third-order valence-corrected chi connectivity index (χ3v) is 7.12. The van der Waals surface area contributed by atoms with Gasteiger partial charge in [-0.1, -0.05) is 17.9 Å². The van der Waals surface area contributed by atoms with E-state index in [-0.39, 0.29) is 17.6 Å². The van der Waals surface area contributed by atoms with Gasteiger partial charge in [0.05, 0.1) is 35.2 Å². The van der Waals surface area contributed by atoms with E-state index in [4.69, 9.17) is 14.7 Å². The first-order chi connectivity index (χ1) is 14.6. The van der Waals surface area contributed by atoms with Crippen molar-refractivity contribution < 1.29 is 14.6 Å². The Morgan fingerprint density at radius 2 is 1.87 bits per heavy atom. The van der Waals surface area contributed by atoms with Gasteiger partial charge in [0, 0.05) is 5.38 Å². The first-order valence-corrected chi connectivity index (χ1v) is 11.5. The first kappa shape index (κ1) is 20.8. The van der Waals surface area contributed by atoms with E-state index in [1.165, 1.54) is 24.2 Å². The van der Waals surface area contributed by atoms with Crippen LogP contribution in [0, 0.1) is 23.2 Å². The van der Waals surface area contributed by atoms with E-state index < -0.39 is 0 Å². The van der Waals surface area contributed by atoms with E-state index in [1.54, 1.807) is 7.11 Å². The molecule has 2 saturated carbocycles. The number of benzene rings is 1. The maximum atomic E-state index is 10.1. The molecule has 0 bridgehead atoms. The molecular weight excluding hydrogens is 394 g/mol. The Morgan fingerprint density at radius 1 is 1.10 bits per heavy atom. The van der Waals surface area contributed by atoms with Crippen LogP contribution in [0.3, 0.4) is 0 Å². The van der Waals surface area contributed by atoms with Crippen LogP contribution in [0.2, 0.25) is 0 Å². The predicted octanol–water partition coefficient (Wildman–Crippen LogP) is 5.17. The molecule has 2 aromatic rings. The summed E-state index contributed by atoms with van der Waals surface area (Å²) in [5.74, 6) is 8.38. The molecule has 30 heavy (non-hydrogen) atoms. The largest absolute Gasteiger partial charge is 0.493 e. The molecular formula is C25H27NO3S. The fourth-order valence-electron chi connectivity index (χ4n) is 4.48. The lowest BCUT2D eigenvalue weighted by molar-refractivity contribution is 0.110. The molecule has 0 unspecified atom stereocenters. The molecule has 0 aliphatic heterocycles. The normalized spacial score (nSPS) is 24.0. The number of nitriles is 1. The predicted molar refractivity (Wildman–Crippen MR) is 118 cm³/mol. The Kier molecular flexibility index (Phi) is 6.32. The van der Waals surface area contributed by atoms with Crippen LogP contribution < -0.4 is 9.47 Å². The average Bonchev–Trinajstić information content (AvgIpc) is 3.45. The molecule has 1 heterocycles. The van der Waals surface area contributed by atoms with Crippen molar-refractivity contribution in [2.75, 3.05) is 7.11 Å². The second-order valence-electron chi connectivity index (χ2n) is 8.26. The summed E-state index contributed by atoms with van der Waals surface area (Å²) < 4.78 is 11.9. The van der Waals surface area contributed by atoms with Crippen molar-refractivity contribution in [1.82, 2.24) is 0 Å². The highest BCUT2D eigenvalue weighted by atomic mass is 32.1. The zero-order valence-corrected chi connectivity index (χ0v) is 18.1. The molecule has 0 radical (unpaired) electrons. The highest BCUT2D eigenvalue weighted by Crippen LogP contribution is 2.43. The molecule has 2 fully saturated rings. The summed E-state index contributed by atoms with van der Waals surface area (Å²) in [4.78, 5) is 0.896. The summed E-state index contributed by atoms with van der Waals surface area (Å²) in [6.45, 7) is 0. The molecule has 1 aromatic heterocycles. The van der Waals surface area contributed by atoms with Crippen LogP contribution in [0.1, 0.15) is 67.4 Å². The van der Waals surface area contributed by atoms with Gasteiger partial charge in [0.2, 0.25) is 0 Å². The molecule has 0 spiro atoms. The minimum Gasteiger partial charge on any atom is -0.493 e. The molecule has 2 aliphatic rings. The van der Waals surface area contributed by atoms with E-state index in [0.29, 0.717) is 5.56 Å². The maximum Gasteiger partial charge on any atom is 0.161 e. The molecule has 0 amide bonds. The highest BCUT2D eigenvalue weighted by molar-refractivity contribution is 7.10. The van der Waals surface area contributed by atoms with Gasteiger partial charge >= 0.3 is 0 Å². The van der Waals surface area contributed by atoms with Crippen LogP contribution in [0.4, 0.5) is 0 Å². The number of hydrogen-bond donors (Lipinski definition) is 1. The maximum absolute atomic E-state index is 10.1. The van der Waals surface area contributed by atoms with Crippen LogP contribution in [-0.4, -0.2) is 24.4 Å². The summed E-state index contributed by atoms with van der Waals surface area (Å²) in [7, 11) is 1.67. The van der Waals surface area contributed by atoms with Crippen LogP contribution in [0.5, 0.6) is 11.5 Å². The van der Waals surface area contributed by atoms with Crippen molar-refractivity contribution in [2.45, 2.75) is 69.0 Å². The van der Waals surface area contributed by atoms with E-state index in [1.807, 2.05) is 17.5 Å². The van der Waals surface area contributed by atoms with Gasteiger partial charge in [-0.05, 0) is 75.1 Å². The number of hydrogen-bond acceptors (Lipinski definition) is 5. The summed E-state index contributed by atoms with van der Waals surface area (Å²) in [6.07, 6.45) is 7.64. The van der Waals surface area contributed by atoms with Gasteiger partial charge in [-0.15, -0.1) is 11.3 Å². The van der Waals surface area contributed by atoms with Gasteiger partial charge in [-0.25, -0.2) is 0 Å². The zero-order valence-electron chi connectivity index (χ0n) is 17.3. The third kappa shape index (κ3) is 4.48. The molecule has 4 nitrogen and oxygen atoms in total. The standard InChI is InChI=1S/C25H27NO3S/c1-28-23-7-6-19(15-24(23)29-21-4-2-3-5-21)25(11-8-20(27)9-12-25)13-10-22-14-18(16-26)17-30-22/h6-7,14-15,17,20-21,27H,2-5,8-9,11-12H2,1H3. The first-order valence-electron chi connectivity index (χ1n) is 10.7. The van der Waals surface area contributed by atoms with E-state index in [2.05, 4.69) is 30.0 Å². The van der Waals surface area contributed by atoms with Crippen LogP contribution in [0.25, 0.3) is 0 Å². The van der Waals surface area contributed by atoms with Crippen molar-refractivity contribution in [3.8, 4) is 29.4 Å². The molecule has 4 rings (SSSR count). The summed E-state index contributed by atoms with van der Waals surface area (Å²) in [6, 6.07) is 10.2. The van der Waals surface area contributed by atoms with Crippen LogP contribution in [0.15, 0.2) is 29.6 Å². The fourth-order valence-corrected chi connectivity index (χ4v) is 5.15. The Morgan fingerprint density at radius 3 is 2.53 bits per heavy atom. The van der Waals surface area contributed by atoms with Crippen LogP contribution in [-0.2, 0) is 5.41 Å². The lowest BCUT2D eigenvalue weighted by atomic mass is 9.69. The van der Waals surface area contributed by atoms with E-state index in [9.17, 15) is 5.11 Å². The van der Waals surface area contributed by atoms with Gasteiger partial charge < -0.3 is 14.6 Å². The average molecular weight is 422 g/mol. The van der Waals surface area contributed by atoms with Gasteiger partial charge in [0.25, 0.3) is 0 Å². The molecule has 5 heteroatoms.